The summed E-state index contributed by atoms with van der Waals surface area (Å²) in [5.41, 5.74) is 1.63. The number of nitrogens with zero attached hydrogens (tertiary/aromatic N) is 2. The van der Waals surface area contributed by atoms with Gasteiger partial charge in [-0.1, -0.05) is 33.3 Å². The van der Waals surface area contributed by atoms with Crippen molar-refractivity contribution >= 4 is 45.3 Å². The Morgan fingerprint density at radius 1 is 1.10 bits per heavy atom. The summed E-state index contributed by atoms with van der Waals surface area (Å²) in [6, 6.07) is 9.63. The van der Waals surface area contributed by atoms with Gasteiger partial charge >= 0.3 is 11.9 Å². The SMILES string of the molecule is COC(=O)C1=C(C)N=c2s/c(=C\c3ccc(OC(C)=O)c(OC)c3)c(=O)n2[C@@H]1c1cc(Br)ccc1OC(C)C. The van der Waals surface area contributed by atoms with Crippen molar-refractivity contribution in [3.63, 3.8) is 0 Å². The quantitative estimate of drug-likeness (QED) is 0.294. The normalized spacial score (nSPS) is 15.1. The number of benzene rings is 2. The van der Waals surface area contributed by atoms with E-state index in [0.717, 1.165) is 4.47 Å². The highest BCUT2D eigenvalue weighted by atomic mass is 79.9. The molecule has 2 aromatic carbocycles. The van der Waals surface area contributed by atoms with Crippen molar-refractivity contribution in [2.24, 2.45) is 4.99 Å². The molecule has 0 radical (unpaired) electrons. The second kappa shape index (κ2) is 11.6. The van der Waals surface area contributed by atoms with Crippen LogP contribution in [0.25, 0.3) is 6.08 Å². The first kappa shape index (κ1) is 28.3. The van der Waals surface area contributed by atoms with E-state index in [0.29, 0.717) is 37.7 Å². The van der Waals surface area contributed by atoms with Crippen LogP contribution in [-0.4, -0.2) is 36.8 Å². The number of aromatic nitrogens is 1. The van der Waals surface area contributed by atoms with Gasteiger partial charge in [0.1, 0.15) is 11.8 Å². The number of fused-ring (bicyclic) bond motifs is 1. The molecule has 0 fully saturated rings. The van der Waals surface area contributed by atoms with Crippen molar-refractivity contribution in [1.82, 2.24) is 4.57 Å². The molecule has 2 heterocycles. The van der Waals surface area contributed by atoms with Gasteiger partial charge in [0, 0.05) is 17.0 Å². The van der Waals surface area contributed by atoms with Crippen molar-refractivity contribution in [2.45, 2.75) is 39.8 Å². The number of methoxy groups -OCH3 is 2. The predicted octanol–water partition coefficient (Wildman–Crippen LogP) is 3.89. The van der Waals surface area contributed by atoms with Crippen molar-refractivity contribution in [3.05, 3.63) is 83.0 Å². The first-order valence-electron chi connectivity index (χ1n) is 12.0. The van der Waals surface area contributed by atoms with Crippen LogP contribution in [0.15, 0.2) is 61.9 Å². The second-order valence-electron chi connectivity index (χ2n) is 8.93. The molecule has 0 amide bonds. The van der Waals surface area contributed by atoms with Gasteiger partial charge in [-0.2, -0.15) is 0 Å². The molecule has 1 atom stereocenters. The molecule has 9 nitrogen and oxygen atoms in total. The van der Waals surface area contributed by atoms with E-state index in [1.807, 2.05) is 26.0 Å². The topological polar surface area (TPSA) is 105 Å². The zero-order chi connectivity index (χ0) is 28.4. The average Bonchev–Trinajstić information content (AvgIpc) is 3.18. The molecule has 0 unspecified atom stereocenters. The summed E-state index contributed by atoms with van der Waals surface area (Å²) in [4.78, 5) is 43.3. The Morgan fingerprint density at radius 2 is 1.82 bits per heavy atom. The lowest BCUT2D eigenvalue weighted by molar-refractivity contribution is -0.136. The minimum atomic E-state index is -0.831. The molecular formula is C28H27BrN2O7S. The van der Waals surface area contributed by atoms with Crippen molar-refractivity contribution in [1.29, 1.82) is 0 Å². The van der Waals surface area contributed by atoms with Gasteiger partial charge in [0.25, 0.3) is 5.56 Å². The molecule has 1 aromatic heterocycles. The highest BCUT2D eigenvalue weighted by Crippen LogP contribution is 2.38. The van der Waals surface area contributed by atoms with Crippen LogP contribution in [-0.2, 0) is 14.3 Å². The molecule has 39 heavy (non-hydrogen) atoms. The number of carbonyl (C=O) groups is 2. The number of rotatable bonds is 7. The minimum absolute atomic E-state index is 0.141. The number of ether oxygens (including phenoxy) is 4. The number of esters is 2. The largest absolute Gasteiger partial charge is 0.493 e. The standard InChI is InChI=1S/C28H27BrN2O7S/c1-14(2)37-20-10-8-18(29)13-19(20)25-24(27(34)36-6)15(3)30-28-31(25)26(33)23(39-28)12-17-7-9-21(38-16(4)32)22(11-17)35-5/h7-14,25H,1-6H3/b23-12-/t25-/m1/s1. The van der Waals surface area contributed by atoms with Gasteiger partial charge in [-0.05, 0) is 62.7 Å². The molecule has 204 valence electrons. The molecule has 0 saturated heterocycles. The van der Waals surface area contributed by atoms with E-state index in [-0.39, 0.29) is 23.0 Å². The fourth-order valence-electron chi connectivity index (χ4n) is 4.25. The van der Waals surface area contributed by atoms with Crippen LogP contribution >= 0.6 is 27.3 Å². The Hall–Kier alpha value is -3.70. The van der Waals surface area contributed by atoms with Crippen LogP contribution in [0.4, 0.5) is 0 Å². The van der Waals surface area contributed by atoms with Crippen LogP contribution in [0, 0.1) is 0 Å². The lowest BCUT2D eigenvalue weighted by Gasteiger charge is -2.26. The zero-order valence-electron chi connectivity index (χ0n) is 22.2. The first-order valence-corrected chi connectivity index (χ1v) is 13.6. The first-order chi connectivity index (χ1) is 18.5. The van der Waals surface area contributed by atoms with Crippen LogP contribution in [0.5, 0.6) is 17.2 Å². The lowest BCUT2D eigenvalue weighted by atomic mass is 9.95. The highest BCUT2D eigenvalue weighted by molar-refractivity contribution is 9.10. The van der Waals surface area contributed by atoms with Gasteiger partial charge in [-0.3, -0.25) is 14.2 Å². The van der Waals surface area contributed by atoms with E-state index in [1.54, 1.807) is 37.3 Å². The van der Waals surface area contributed by atoms with E-state index in [2.05, 4.69) is 20.9 Å². The number of carbonyl (C=O) groups excluding carboxylic acids is 2. The molecule has 1 aliphatic rings. The molecule has 0 saturated carbocycles. The Kier molecular flexibility index (Phi) is 8.41. The smallest absolute Gasteiger partial charge is 0.338 e. The summed E-state index contributed by atoms with van der Waals surface area (Å²) in [6.07, 6.45) is 1.56. The van der Waals surface area contributed by atoms with Gasteiger partial charge in [0.15, 0.2) is 16.3 Å². The van der Waals surface area contributed by atoms with Crippen molar-refractivity contribution < 1.29 is 28.5 Å². The summed E-state index contributed by atoms with van der Waals surface area (Å²) in [5.74, 6) is 0.0957. The molecule has 4 rings (SSSR count). The monoisotopic (exact) mass is 614 g/mol. The van der Waals surface area contributed by atoms with Gasteiger partial charge < -0.3 is 18.9 Å². The molecular weight excluding hydrogens is 588 g/mol. The zero-order valence-corrected chi connectivity index (χ0v) is 24.6. The Balaban J connectivity index is 1.95. The Labute approximate surface area is 237 Å². The van der Waals surface area contributed by atoms with E-state index >= 15 is 0 Å². The third-order valence-electron chi connectivity index (χ3n) is 5.80. The maximum Gasteiger partial charge on any atom is 0.338 e. The number of thiazole rings is 1. The lowest BCUT2D eigenvalue weighted by Crippen LogP contribution is -2.40. The summed E-state index contributed by atoms with van der Waals surface area (Å²) < 4.78 is 24.4. The average molecular weight is 616 g/mol. The molecule has 0 N–H and O–H groups in total. The molecule has 11 heteroatoms. The summed E-state index contributed by atoms with van der Waals surface area (Å²) in [5, 5.41) is 0. The fourth-order valence-corrected chi connectivity index (χ4v) is 5.67. The van der Waals surface area contributed by atoms with Crippen molar-refractivity contribution in [3.8, 4) is 17.2 Å². The van der Waals surface area contributed by atoms with Crippen molar-refractivity contribution in [2.75, 3.05) is 14.2 Å². The molecule has 0 bridgehead atoms. The predicted molar refractivity (Wildman–Crippen MR) is 150 cm³/mol. The van der Waals surface area contributed by atoms with Crippen LogP contribution in [0.1, 0.15) is 44.9 Å². The third kappa shape index (κ3) is 5.84. The number of hydrogen-bond donors (Lipinski definition) is 0. The Morgan fingerprint density at radius 3 is 2.46 bits per heavy atom. The van der Waals surface area contributed by atoms with E-state index in [9.17, 15) is 14.4 Å². The van der Waals surface area contributed by atoms with Gasteiger partial charge in [-0.15, -0.1) is 0 Å². The molecule has 3 aromatic rings. The minimum Gasteiger partial charge on any atom is -0.493 e. The van der Waals surface area contributed by atoms with Crippen LogP contribution in [0.3, 0.4) is 0 Å². The molecule has 1 aliphatic heterocycles. The second-order valence-corrected chi connectivity index (χ2v) is 10.9. The van der Waals surface area contributed by atoms with Gasteiger partial charge in [0.2, 0.25) is 0 Å². The highest BCUT2D eigenvalue weighted by Gasteiger charge is 2.35. The fraction of sp³-hybridized carbons (Fsp3) is 0.286. The van der Waals surface area contributed by atoms with Gasteiger partial charge in [-0.25, -0.2) is 9.79 Å². The summed E-state index contributed by atoms with van der Waals surface area (Å²) in [7, 11) is 2.76. The summed E-state index contributed by atoms with van der Waals surface area (Å²) >= 11 is 4.71. The third-order valence-corrected chi connectivity index (χ3v) is 7.27. The Bertz CT molecular complexity index is 1670. The number of hydrogen-bond acceptors (Lipinski definition) is 9. The van der Waals surface area contributed by atoms with E-state index in [1.165, 1.54) is 37.0 Å². The number of allylic oxidation sites excluding steroid dienone is 1. The van der Waals surface area contributed by atoms with E-state index in [4.69, 9.17) is 18.9 Å². The number of halogens is 1. The van der Waals surface area contributed by atoms with Crippen LogP contribution < -0.4 is 29.1 Å². The summed E-state index contributed by atoms with van der Waals surface area (Å²) in [6.45, 7) is 6.83. The maximum atomic E-state index is 13.9. The van der Waals surface area contributed by atoms with E-state index < -0.39 is 18.0 Å². The molecule has 0 spiro atoms. The molecule has 0 aliphatic carbocycles. The maximum absolute atomic E-state index is 13.9. The van der Waals surface area contributed by atoms with Crippen LogP contribution in [0.2, 0.25) is 0 Å². The van der Waals surface area contributed by atoms with Gasteiger partial charge in [0.05, 0.1) is 36.1 Å².